The van der Waals surface area contributed by atoms with Crippen LogP contribution in [0.1, 0.15) is 26.3 Å². The maximum atomic E-state index is 12.0. The number of benzene rings is 1. The van der Waals surface area contributed by atoms with Crippen LogP contribution in [0, 0.1) is 0 Å². The molecule has 0 saturated heterocycles. The number of esters is 2. The minimum Gasteiger partial charge on any atom is -0.464 e. The first kappa shape index (κ1) is 30.6. The van der Waals surface area contributed by atoms with Gasteiger partial charge in [0.2, 0.25) is 11.8 Å². The van der Waals surface area contributed by atoms with E-state index in [1.165, 1.54) is 40.5 Å². The van der Waals surface area contributed by atoms with E-state index in [9.17, 15) is 28.3 Å². The van der Waals surface area contributed by atoms with Crippen LogP contribution in [-0.2, 0) is 44.4 Å². The Kier molecular flexibility index (Phi) is 12.9. The molecule has 0 aliphatic heterocycles. The van der Waals surface area contributed by atoms with E-state index in [2.05, 4.69) is 10.6 Å². The Morgan fingerprint density at radius 2 is 1.18 bits per heavy atom. The lowest BCUT2D eigenvalue weighted by molar-refractivity contribution is -0.146. The van der Waals surface area contributed by atoms with E-state index in [1.54, 1.807) is 6.92 Å². The molecule has 12 heteroatoms. The van der Waals surface area contributed by atoms with Gasteiger partial charge in [-0.2, -0.15) is 0 Å². The molecule has 0 spiro atoms. The van der Waals surface area contributed by atoms with E-state index in [4.69, 9.17) is 9.47 Å². The molecule has 1 rings (SSSR count). The molecule has 33 heavy (non-hydrogen) atoms. The molecule has 2 N–H and O–H groups in total. The zero-order valence-corrected chi connectivity index (χ0v) is 21.9. The lowest BCUT2D eigenvalue weighted by Crippen LogP contribution is -2.40. The van der Waals surface area contributed by atoms with Crippen LogP contribution in [0.25, 0.3) is 0 Å². The standard InChI is InChI=1S/C13H18NO4P.C8H16NO4P/c1-10(15)14-12(19(2,3)17)13(16)18-9-11-7-5-4-6-8-11;1-5-13-8(11)7(9-6(2)10)14(3,4)12/h4-8,12H,9H2,1-3H3,(H,14,15);7H,5H2,1-4H3,(H,9,10). The highest BCUT2D eigenvalue weighted by Crippen LogP contribution is 2.42. The minimum atomic E-state index is -2.81. The van der Waals surface area contributed by atoms with Gasteiger partial charge >= 0.3 is 11.9 Å². The van der Waals surface area contributed by atoms with E-state index >= 15 is 0 Å². The molecule has 2 atom stereocenters. The van der Waals surface area contributed by atoms with E-state index in [-0.39, 0.29) is 13.2 Å². The SMILES string of the molecule is CC(=O)NC(C(=O)OCc1ccccc1)P(C)(C)=O.CCOC(=O)C(NC(C)=O)P(C)(C)=O. The molecule has 0 fully saturated rings. The summed E-state index contributed by atoms with van der Waals surface area (Å²) in [5, 5.41) is 4.71. The van der Waals surface area contributed by atoms with Crippen molar-refractivity contribution in [3.8, 4) is 0 Å². The molecule has 0 aliphatic carbocycles. The topological polar surface area (TPSA) is 145 Å². The van der Waals surface area contributed by atoms with E-state index in [0.29, 0.717) is 0 Å². The van der Waals surface area contributed by atoms with Crippen molar-refractivity contribution in [1.82, 2.24) is 10.6 Å². The van der Waals surface area contributed by atoms with Gasteiger partial charge in [0.1, 0.15) is 20.9 Å². The summed E-state index contributed by atoms with van der Waals surface area (Å²) < 4.78 is 33.4. The first-order chi connectivity index (χ1) is 15.1. The predicted molar refractivity (Wildman–Crippen MR) is 127 cm³/mol. The highest BCUT2D eigenvalue weighted by atomic mass is 31.2. The molecule has 2 amide bonds. The number of hydrogen-bond acceptors (Lipinski definition) is 8. The molecular formula is C21H34N2O8P2. The van der Waals surface area contributed by atoms with E-state index in [0.717, 1.165) is 5.56 Å². The molecule has 0 radical (unpaired) electrons. The van der Waals surface area contributed by atoms with Gasteiger partial charge in [0, 0.05) is 13.8 Å². The van der Waals surface area contributed by atoms with Gasteiger partial charge in [-0.15, -0.1) is 0 Å². The third kappa shape index (κ3) is 13.0. The highest BCUT2D eigenvalue weighted by Gasteiger charge is 2.33. The third-order valence-electron chi connectivity index (χ3n) is 3.88. The molecule has 0 bridgehead atoms. The lowest BCUT2D eigenvalue weighted by atomic mass is 10.2. The molecule has 0 aromatic heterocycles. The number of ether oxygens (including phenoxy) is 2. The fraction of sp³-hybridized carbons (Fsp3) is 0.524. The first-order valence-corrected chi connectivity index (χ1v) is 15.4. The molecule has 0 saturated carbocycles. The Labute approximate surface area is 194 Å². The summed E-state index contributed by atoms with van der Waals surface area (Å²) in [7, 11) is -5.54. The van der Waals surface area contributed by atoms with Gasteiger partial charge in [0.25, 0.3) is 0 Å². The zero-order chi connectivity index (χ0) is 25.8. The van der Waals surface area contributed by atoms with Crippen LogP contribution in [0.2, 0.25) is 0 Å². The second kappa shape index (κ2) is 14.0. The molecule has 1 aromatic carbocycles. The van der Waals surface area contributed by atoms with Crippen molar-refractivity contribution in [3.05, 3.63) is 35.9 Å². The van der Waals surface area contributed by atoms with Gasteiger partial charge in [-0.25, -0.2) is 9.59 Å². The molecule has 10 nitrogen and oxygen atoms in total. The molecular weight excluding hydrogens is 470 g/mol. The number of amides is 2. The molecule has 1 aromatic rings. The number of carbonyl (C=O) groups excluding carboxylic acids is 4. The number of carbonyl (C=O) groups is 4. The fourth-order valence-electron chi connectivity index (χ4n) is 2.35. The lowest BCUT2D eigenvalue weighted by Gasteiger charge is -2.20. The number of nitrogens with one attached hydrogen (secondary N) is 2. The van der Waals surface area contributed by atoms with Gasteiger partial charge in [0.15, 0.2) is 11.6 Å². The van der Waals surface area contributed by atoms with Crippen molar-refractivity contribution >= 4 is 38.0 Å². The Hall–Kier alpha value is -2.44. The molecule has 0 heterocycles. The smallest absolute Gasteiger partial charge is 0.336 e. The van der Waals surface area contributed by atoms with Crippen molar-refractivity contribution in [3.63, 3.8) is 0 Å². The Morgan fingerprint density at radius 3 is 1.52 bits per heavy atom. The summed E-state index contributed by atoms with van der Waals surface area (Å²) in [6.07, 6.45) is 0. The fourth-order valence-corrected chi connectivity index (χ4v) is 4.50. The van der Waals surface area contributed by atoms with Crippen molar-refractivity contribution in [2.75, 3.05) is 33.3 Å². The second-order valence-corrected chi connectivity index (χ2v) is 14.7. The first-order valence-electron chi connectivity index (χ1n) is 10.1. The number of hydrogen-bond donors (Lipinski definition) is 2. The minimum absolute atomic E-state index is 0.0930. The van der Waals surface area contributed by atoms with Crippen LogP contribution >= 0.6 is 14.3 Å². The Balaban J connectivity index is 0.000000653. The maximum Gasteiger partial charge on any atom is 0.336 e. The van der Waals surface area contributed by atoms with Crippen LogP contribution in [-0.4, -0.2) is 68.6 Å². The summed E-state index contributed by atoms with van der Waals surface area (Å²) in [5.41, 5.74) is 0.833. The van der Waals surface area contributed by atoms with Crippen LogP contribution in [0.4, 0.5) is 0 Å². The average Bonchev–Trinajstić information content (AvgIpc) is 2.68. The van der Waals surface area contributed by atoms with Crippen LogP contribution < -0.4 is 10.6 Å². The van der Waals surface area contributed by atoms with Crippen LogP contribution in [0.5, 0.6) is 0 Å². The van der Waals surface area contributed by atoms with E-state index < -0.39 is 49.6 Å². The summed E-state index contributed by atoms with van der Waals surface area (Å²) in [6, 6.07) is 9.16. The summed E-state index contributed by atoms with van der Waals surface area (Å²) >= 11 is 0. The highest BCUT2D eigenvalue weighted by molar-refractivity contribution is 7.64. The van der Waals surface area contributed by atoms with Crippen LogP contribution in [0.3, 0.4) is 0 Å². The van der Waals surface area contributed by atoms with Crippen molar-refractivity contribution in [1.29, 1.82) is 0 Å². The summed E-state index contributed by atoms with van der Waals surface area (Å²) in [6.45, 7) is 10.2. The third-order valence-corrected chi connectivity index (χ3v) is 7.05. The van der Waals surface area contributed by atoms with Crippen LogP contribution in [0.15, 0.2) is 30.3 Å². The maximum absolute atomic E-state index is 12.0. The van der Waals surface area contributed by atoms with Gasteiger partial charge in [0.05, 0.1) is 6.61 Å². The molecule has 0 aliphatic rings. The van der Waals surface area contributed by atoms with Gasteiger partial charge in [-0.05, 0) is 39.1 Å². The largest absolute Gasteiger partial charge is 0.464 e. The second-order valence-electron chi connectivity index (χ2n) is 7.92. The number of rotatable bonds is 9. The van der Waals surface area contributed by atoms with Crippen molar-refractivity contribution in [2.45, 2.75) is 38.9 Å². The summed E-state index contributed by atoms with van der Waals surface area (Å²) in [4.78, 5) is 45.0. The van der Waals surface area contributed by atoms with Crippen molar-refractivity contribution < 1.29 is 37.8 Å². The van der Waals surface area contributed by atoms with Gasteiger partial charge in [-0.3, -0.25) is 9.59 Å². The Bertz CT molecular complexity index is 908. The summed E-state index contributed by atoms with van der Waals surface area (Å²) in [5.74, 6) is -4.24. The van der Waals surface area contributed by atoms with Crippen molar-refractivity contribution in [2.24, 2.45) is 0 Å². The average molecular weight is 504 g/mol. The Morgan fingerprint density at radius 1 is 0.788 bits per heavy atom. The molecule has 2 unspecified atom stereocenters. The molecule has 186 valence electrons. The zero-order valence-electron chi connectivity index (χ0n) is 20.1. The van der Waals surface area contributed by atoms with E-state index in [1.807, 2.05) is 30.3 Å². The van der Waals surface area contributed by atoms with Gasteiger partial charge < -0.3 is 29.2 Å². The van der Waals surface area contributed by atoms with Gasteiger partial charge in [-0.1, -0.05) is 30.3 Å². The normalized spacial score (nSPS) is 12.8. The monoisotopic (exact) mass is 504 g/mol. The quantitative estimate of drug-likeness (QED) is 0.385. The predicted octanol–water partition coefficient (Wildman–Crippen LogP) is 2.45.